The molecule has 0 aromatic carbocycles. The number of hydrogen-bond acceptors (Lipinski definition) is 2. The van der Waals surface area contributed by atoms with Gasteiger partial charge in [-0.25, -0.2) is 0 Å². The molecule has 0 aromatic heterocycles. The summed E-state index contributed by atoms with van der Waals surface area (Å²) in [4.78, 5) is 11.5. The fraction of sp³-hybridized carbons (Fsp3) is 0.952. The molecule has 0 N–H and O–H groups in total. The van der Waals surface area contributed by atoms with Gasteiger partial charge in [-0.05, 0) is 18.8 Å². The van der Waals surface area contributed by atoms with Gasteiger partial charge in [0.15, 0.2) is 0 Å². The van der Waals surface area contributed by atoms with Crippen molar-refractivity contribution in [1.29, 1.82) is 0 Å². The molecule has 0 saturated heterocycles. The Hall–Kier alpha value is -0.530. The highest BCUT2D eigenvalue weighted by Crippen LogP contribution is 2.13. The lowest BCUT2D eigenvalue weighted by molar-refractivity contribution is -0.143. The molecule has 23 heavy (non-hydrogen) atoms. The zero-order valence-electron chi connectivity index (χ0n) is 16.2. The number of carbonyl (C=O) groups is 1. The Balaban J connectivity index is 3.11. The summed E-state index contributed by atoms with van der Waals surface area (Å²) in [5.74, 6) is 0.867. The normalized spacial score (nSPS) is 11.1. The van der Waals surface area contributed by atoms with E-state index in [1.165, 1.54) is 70.6 Å². The van der Waals surface area contributed by atoms with Gasteiger partial charge in [0.2, 0.25) is 0 Å². The average Bonchev–Trinajstić information content (AvgIpc) is 2.52. The van der Waals surface area contributed by atoms with E-state index in [1.807, 2.05) is 0 Å². The molecule has 0 amide bonds. The topological polar surface area (TPSA) is 26.3 Å². The van der Waals surface area contributed by atoms with Crippen LogP contribution in [0.2, 0.25) is 0 Å². The first kappa shape index (κ1) is 22.5. The molecular formula is C21H42O2. The van der Waals surface area contributed by atoms with Crippen molar-refractivity contribution in [3.63, 3.8) is 0 Å². The zero-order valence-corrected chi connectivity index (χ0v) is 16.2. The highest BCUT2D eigenvalue weighted by Gasteiger charge is 2.02. The molecule has 0 radical (unpaired) electrons. The Kier molecular flexibility index (Phi) is 17.4. The van der Waals surface area contributed by atoms with Crippen LogP contribution in [-0.4, -0.2) is 12.6 Å². The van der Waals surface area contributed by atoms with Crippen LogP contribution < -0.4 is 0 Å². The Morgan fingerprint density at radius 2 is 1.26 bits per heavy atom. The smallest absolute Gasteiger partial charge is 0.305 e. The molecule has 0 unspecified atom stereocenters. The molecule has 138 valence electrons. The predicted molar refractivity (Wildman–Crippen MR) is 101 cm³/mol. The lowest BCUT2D eigenvalue weighted by Gasteiger charge is -2.05. The van der Waals surface area contributed by atoms with Crippen molar-refractivity contribution >= 4 is 5.97 Å². The maximum absolute atomic E-state index is 11.5. The van der Waals surface area contributed by atoms with Gasteiger partial charge in [0.1, 0.15) is 0 Å². The fourth-order valence-electron chi connectivity index (χ4n) is 2.85. The predicted octanol–water partition coefficient (Wildman–Crippen LogP) is 7.06. The SMILES string of the molecule is CCCCCOC(=O)CCCCCCCCCCCCC(C)C. The molecule has 0 atom stereocenters. The highest BCUT2D eigenvalue weighted by atomic mass is 16.5. The van der Waals surface area contributed by atoms with Crippen LogP contribution in [0.4, 0.5) is 0 Å². The largest absolute Gasteiger partial charge is 0.466 e. The molecule has 0 heterocycles. The van der Waals surface area contributed by atoms with E-state index < -0.39 is 0 Å². The van der Waals surface area contributed by atoms with Crippen molar-refractivity contribution in [1.82, 2.24) is 0 Å². The number of rotatable bonds is 17. The summed E-state index contributed by atoms with van der Waals surface area (Å²) in [7, 11) is 0. The lowest BCUT2D eigenvalue weighted by Crippen LogP contribution is -2.05. The lowest BCUT2D eigenvalue weighted by atomic mass is 10.0. The monoisotopic (exact) mass is 326 g/mol. The van der Waals surface area contributed by atoms with Crippen molar-refractivity contribution in [2.24, 2.45) is 5.92 Å². The molecule has 0 aromatic rings. The minimum absolute atomic E-state index is 0.00232. The van der Waals surface area contributed by atoms with Crippen molar-refractivity contribution < 1.29 is 9.53 Å². The van der Waals surface area contributed by atoms with Gasteiger partial charge >= 0.3 is 5.97 Å². The molecule has 2 nitrogen and oxygen atoms in total. The first-order chi connectivity index (χ1) is 11.2. The van der Waals surface area contributed by atoms with E-state index in [0.29, 0.717) is 13.0 Å². The summed E-state index contributed by atoms with van der Waals surface area (Å²) in [6.07, 6.45) is 18.5. The van der Waals surface area contributed by atoms with Crippen LogP contribution in [-0.2, 0) is 9.53 Å². The van der Waals surface area contributed by atoms with E-state index in [1.54, 1.807) is 0 Å². The van der Waals surface area contributed by atoms with Crippen molar-refractivity contribution in [2.45, 2.75) is 117 Å². The van der Waals surface area contributed by atoms with Crippen LogP contribution in [0.1, 0.15) is 117 Å². The third-order valence-electron chi connectivity index (χ3n) is 4.42. The summed E-state index contributed by atoms with van der Waals surface area (Å²) in [6, 6.07) is 0. The third-order valence-corrected chi connectivity index (χ3v) is 4.42. The van der Waals surface area contributed by atoms with Crippen molar-refractivity contribution in [3.05, 3.63) is 0 Å². The quantitative estimate of drug-likeness (QED) is 0.211. The summed E-state index contributed by atoms with van der Waals surface area (Å²) in [5.41, 5.74) is 0. The Bertz CT molecular complexity index is 248. The first-order valence-corrected chi connectivity index (χ1v) is 10.3. The van der Waals surface area contributed by atoms with Gasteiger partial charge < -0.3 is 4.74 Å². The van der Waals surface area contributed by atoms with E-state index in [-0.39, 0.29) is 5.97 Å². The van der Waals surface area contributed by atoms with Crippen LogP contribution in [0, 0.1) is 5.92 Å². The van der Waals surface area contributed by atoms with E-state index in [0.717, 1.165) is 25.2 Å². The standard InChI is InChI=1S/C21H42O2/c1-4-5-16-19-23-21(22)18-15-13-11-9-7-6-8-10-12-14-17-20(2)3/h20H,4-19H2,1-3H3. The van der Waals surface area contributed by atoms with Crippen LogP contribution in [0.3, 0.4) is 0 Å². The number of carbonyl (C=O) groups excluding carboxylic acids is 1. The third kappa shape index (κ3) is 19.4. The molecule has 0 aliphatic heterocycles. The van der Waals surface area contributed by atoms with Crippen LogP contribution in [0.25, 0.3) is 0 Å². The van der Waals surface area contributed by atoms with Gasteiger partial charge in [0.05, 0.1) is 6.61 Å². The summed E-state index contributed by atoms with van der Waals surface area (Å²) < 4.78 is 5.21. The second-order valence-electron chi connectivity index (χ2n) is 7.40. The second-order valence-corrected chi connectivity index (χ2v) is 7.40. The molecule has 0 aliphatic rings. The zero-order chi connectivity index (χ0) is 17.2. The molecule has 0 bridgehead atoms. The fourth-order valence-corrected chi connectivity index (χ4v) is 2.85. The Morgan fingerprint density at radius 1 is 0.739 bits per heavy atom. The highest BCUT2D eigenvalue weighted by molar-refractivity contribution is 5.69. The van der Waals surface area contributed by atoms with Crippen LogP contribution in [0.5, 0.6) is 0 Å². The minimum Gasteiger partial charge on any atom is -0.466 e. The van der Waals surface area contributed by atoms with Crippen molar-refractivity contribution in [2.75, 3.05) is 6.61 Å². The summed E-state index contributed by atoms with van der Waals surface area (Å²) in [5, 5.41) is 0. The van der Waals surface area contributed by atoms with Gasteiger partial charge in [-0.1, -0.05) is 97.8 Å². The number of unbranched alkanes of at least 4 members (excludes halogenated alkanes) is 11. The van der Waals surface area contributed by atoms with E-state index in [9.17, 15) is 4.79 Å². The van der Waals surface area contributed by atoms with Gasteiger partial charge in [-0.2, -0.15) is 0 Å². The number of esters is 1. The number of ether oxygens (including phenoxy) is 1. The molecular weight excluding hydrogens is 284 g/mol. The molecule has 2 heteroatoms. The summed E-state index contributed by atoms with van der Waals surface area (Å²) >= 11 is 0. The van der Waals surface area contributed by atoms with Crippen LogP contribution in [0.15, 0.2) is 0 Å². The second kappa shape index (κ2) is 17.8. The van der Waals surface area contributed by atoms with E-state index in [2.05, 4.69) is 20.8 Å². The first-order valence-electron chi connectivity index (χ1n) is 10.3. The maximum atomic E-state index is 11.5. The molecule has 0 rings (SSSR count). The van der Waals surface area contributed by atoms with Gasteiger partial charge in [-0.15, -0.1) is 0 Å². The Labute approximate surface area is 145 Å². The maximum Gasteiger partial charge on any atom is 0.305 e. The van der Waals surface area contributed by atoms with Gasteiger partial charge in [-0.3, -0.25) is 4.79 Å². The minimum atomic E-state index is 0.00232. The molecule has 0 saturated carbocycles. The Morgan fingerprint density at radius 3 is 1.78 bits per heavy atom. The van der Waals surface area contributed by atoms with Gasteiger partial charge in [0, 0.05) is 6.42 Å². The van der Waals surface area contributed by atoms with Crippen molar-refractivity contribution in [3.8, 4) is 0 Å². The van der Waals surface area contributed by atoms with E-state index in [4.69, 9.17) is 4.74 Å². The molecule has 0 aliphatic carbocycles. The summed E-state index contributed by atoms with van der Waals surface area (Å²) in [6.45, 7) is 7.40. The van der Waals surface area contributed by atoms with Crippen LogP contribution >= 0.6 is 0 Å². The van der Waals surface area contributed by atoms with Gasteiger partial charge in [0.25, 0.3) is 0 Å². The van der Waals surface area contributed by atoms with E-state index >= 15 is 0 Å². The number of hydrogen-bond donors (Lipinski definition) is 0. The molecule has 0 fully saturated rings. The molecule has 0 spiro atoms. The average molecular weight is 327 g/mol.